The highest BCUT2D eigenvalue weighted by atomic mass is 16.5. The lowest BCUT2D eigenvalue weighted by molar-refractivity contribution is 0.0697. The van der Waals surface area contributed by atoms with Crippen LogP contribution in [0.15, 0.2) is 36.7 Å². The highest BCUT2D eigenvalue weighted by Gasteiger charge is 2.22. The predicted octanol–water partition coefficient (Wildman–Crippen LogP) is 2.35. The standard InChI is InChI=1S/C19H23N3O3/c1-25-9-8-22-7-6-14(13-22)10-17-11-20-12-18(21-17)15-2-4-16(5-3-15)19(23)24/h2-5,11-12,14H,6-10,13H2,1H3,(H,23,24). The van der Waals surface area contributed by atoms with Gasteiger partial charge in [-0.25, -0.2) is 9.78 Å². The molecule has 1 aromatic carbocycles. The van der Waals surface area contributed by atoms with Crippen molar-refractivity contribution in [2.75, 3.05) is 33.4 Å². The summed E-state index contributed by atoms with van der Waals surface area (Å²) in [6.07, 6.45) is 5.63. The van der Waals surface area contributed by atoms with Crippen molar-refractivity contribution in [1.29, 1.82) is 0 Å². The summed E-state index contributed by atoms with van der Waals surface area (Å²) in [5.41, 5.74) is 2.92. The molecule has 25 heavy (non-hydrogen) atoms. The second-order valence-electron chi connectivity index (χ2n) is 6.43. The summed E-state index contributed by atoms with van der Waals surface area (Å²) in [4.78, 5) is 22.4. The van der Waals surface area contributed by atoms with E-state index in [-0.39, 0.29) is 5.56 Å². The molecule has 2 aromatic rings. The lowest BCUT2D eigenvalue weighted by atomic mass is 10.0. The smallest absolute Gasteiger partial charge is 0.335 e. The highest BCUT2D eigenvalue weighted by Crippen LogP contribution is 2.22. The van der Waals surface area contributed by atoms with Crippen molar-refractivity contribution in [2.24, 2.45) is 5.92 Å². The molecule has 132 valence electrons. The molecule has 0 aliphatic carbocycles. The van der Waals surface area contributed by atoms with Crippen molar-refractivity contribution in [3.63, 3.8) is 0 Å². The Hall–Kier alpha value is -2.31. The van der Waals surface area contributed by atoms with Gasteiger partial charge in [0.05, 0.1) is 29.8 Å². The third-order valence-electron chi connectivity index (χ3n) is 4.59. The van der Waals surface area contributed by atoms with Crippen LogP contribution < -0.4 is 0 Å². The number of carboxylic acids is 1. The minimum absolute atomic E-state index is 0.273. The highest BCUT2D eigenvalue weighted by molar-refractivity contribution is 5.88. The van der Waals surface area contributed by atoms with E-state index >= 15 is 0 Å². The molecule has 2 heterocycles. The first kappa shape index (κ1) is 17.5. The summed E-state index contributed by atoms with van der Waals surface area (Å²) in [5, 5.41) is 8.99. The summed E-state index contributed by atoms with van der Waals surface area (Å²) in [6, 6.07) is 6.74. The van der Waals surface area contributed by atoms with Gasteiger partial charge in [0.25, 0.3) is 0 Å². The Kier molecular flexibility index (Phi) is 5.73. The van der Waals surface area contributed by atoms with Gasteiger partial charge in [-0.1, -0.05) is 12.1 Å². The van der Waals surface area contributed by atoms with Crippen molar-refractivity contribution in [3.8, 4) is 11.3 Å². The molecule has 6 nitrogen and oxygen atoms in total. The fourth-order valence-corrected chi connectivity index (χ4v) is 3.23. The molecule has 1 aliphatic heterocycles. The predicted molar refractivity (Wildman–Crippen MR) is 94.6 cm³/mol. The van der Waals surface area contributed by atoms with Gasteiger partial charge in [-0.05, 0) is 37.4 Å². The maximum atomic E-state index is 10.9. The number of ether oxygens (including phenoxy) is 1. The fourth-order valence-electron chi connectivity index (χ4n) is 3.23. The number of methoxy groups -OCH3 is 1. The molecule has 1 saturated heterocycles. The lowest BCUT2D eigenvalue weighted by Gasteiger charge is -2.15. The molecule has 0 amide bonds. The monoisotopic (exact) mass is 341 g/mol. The van der Waals surface area contributed by atoms with Gasteiger partial charge >= 0.3 is 5.97 Å². The number of hydrogen-bond acceptors (Lipinski definition) is 5. The van der Waals surface area contributed by atoms with E-state index in [1.54, 1.807) is 37.6 Å². The number of carboxylic acid groups (broad SMARTS) is 1. The molecular formula is C19H23N3O3. The van der Waals surface area contributed by atoms with Gasteiger partial charge in [-0.15, -0.1) is 0 Å². The van der Waals surface area contributed by atoms with Gasteiger partial charge in [-0.2, -0.15) is 0 Å². The zero-order valence-electron chi connectivity index (χ0n) is 14.4. The van der Waals surface area contributed by atoms with Gasteiger partial charge in [0.1, 0.15) is 0 Å². The SMILES string of the molecule is COCCN1CCC(Cc2cncc(-c3ccc(C(=O)O)cc3)n2)C1. The number of rotatable bonds is 7. The zero-order valence-corrected chi connectivity index (χ0v) is 14.4. The molecule has 3 rings (SSSR count). The fraction of sp³-hybridized carbons (Fsp3) is 0.421. The summed E-state index contributed by atoms with van der Waals surface area (Å²) >= 11 is 0. The number of aromatic nitrogens is 2. The first-order chi connectivity index (χ1) is 12.2. The molecule has 1 aliphatic rings. The topological polar surface area (TPSA) is 75.5 Å². The van der Waals surface area contributed by atoms with E-state index in [1.165, 1.54) is 6.42 Å². The Balaban J connectivity index is 1.65. The summed E-state index contributed by atoms with van der Waals surface area (Å²) in [7, 11) is 1.73. The Morgan fingerprint density at radius 1 is 1.32 bits per heavy atom. The Morgan fingerprint density at radius 2 is 2.12 bits per heavy atom. The molecule has 0 saturated carbocycles. The van der Waals surface area contributed by atoms with Crippen LogP contribution in [0.25, 0.3) is 11.3 Å². The molecule has 0 radical (unpaired) electrons. The van der Waals surface area contributed by atoms with Crippen LogP contribution in [0.1, 0.15) is 22.5 Å². The van der Waals surface area contributed by atoms with E-state index in [4.69, 9.17) is 14.8 Å². The van der Waals surface area contributed by atoms with Crippen LogP contribution in [0.4, 0.5) is 0 Å². The maximum absolute atomic E-state index is 10.9. The number of hydrogen-bond donors (Lipinski definition) is 1. The average molecular weight is 341 g/mol. The lowest BCUT2D eigenvalue weighted by Crippen LogP contribution is -2.25. The van der Waals surface area contributed by atoms with E-state index in [2.05, 4.69) is 9.88 Å². The van der Waals surface area contributed by atoms with E-state index in [0.717, 1.165) is 49.6 Å². The van der Waals surface area contributed by atoms with Crippen LogP contribution in [-0.4, -0.2) is 59.3 Å². The van der Waals surface area contributed by atoms with Gasteiger partial charge in [0, 0.05) is 32.0 Å². The maximum Gasteiger partial charge on any atom is 0.335 e. The third kappa shape index (κ3) is 4.61. The first-order valence-electron chi connectivity index (χ1n) is 8.51. The minimum atomic E-state index is -0.925. The Bertz CT molecular complexity index is 718. The van der Waals surface area contributed by atoms with Crippen molar-refractivity contribution >= 4 is 5.97 Å². The molecular weight excluding hydrogens is 318 g/mol. The zero-order chi connectivity index (χ0) is 17.6. The van der Waals surface area contributed by atoms with Crippen molar-refractivity contribution < 1.29 is 14.6 Å². The molecule has 0 bridgehead atoms. The molecule has 1 unspecified atom stereocenters. The van der Waals surface area contributed by atoms with E-state index < -0.39 is 5.97 Å². The first-order valence-corrected chi connectivity index (χ1v) is 8.51. The van der Waals surface area contributed by atoms with Crippen LogP contribution >= 0.6 is 0 Å². The molecule has 1 N–H and O–H groups in total. The van der Waals surface area contributed by atoms with Crippen LogP contribution in [-0.2, 0) is 11.2 Å². The number of aromatic carboxylic acids is 1. The molecule has 1 aromatic heterocycles. The minimum Gasteiger partial charge on any atom is -0.478 e. The van der Waals surface area contributed by atoms with Crippen molar-refractivity contribution in [1.82, 2.24) is 14.9 Å². The normalized spacial score (nSPS) is 17.7. The van der Waals surface area contributed by atoms with Crippen molar-refractivity contribution in [2.45, 2.75) is 12.8 Å². The van der Waals surface area contributed by atoms with Gasteiger partial charge in [-0.3, -0.25) is 4.98 Å². The second kappa shape index (κ2) is 8.18. The van der Waals surface area contributed by atoms with Gasteiger partial charge < -0.3 is 14.7 Å². The van der Waals surface area contributed by atoms with Crippen LogP contribution in [0, 0.1) is 5.92 Å². The van der Waals surface area contributed by atoms with Crippen LogP contribution in [0.5, 0.6) is 0 Å². The van der Waals surface area contributed by atoms with Crippen molar-refractivity contribution in [3.05, 3.63) is 47.9 Å². The van der Waals surface area contributed by atoms with E-state index in [1.807, 2.05) is 6.20 Å². The summed E-state index contributed by atoms with van der Waals surface area (Å²) < 4.78 is 5.14. The Labute approximate surface area is 147 Å². The number of nitrogens with zero attached hydrogens (tertiary/aromatic N) is 3. The van der Waals surface area contributed by atoms with Crippen LogP contribution in [0.3, 0.4) is 0 Å². The summed E-state index contributed by atoms with van der Waals surface area (Å²) in [5.74, 6) is -0.332. The second-order valence-corrected chi connectivity index (χ2v) is 6.43. The quantitative estimate of drug-likeness (QED) is 0.833. The number of likely N-dealkylation sites (tertiary alicyclic amines) is 1. The summed E-state index contributed by atoms with van der Waals surface area (Å²) in [6.45, 7) is 3.93. The average Bonchev–Trinajstić information content (AvgIpc) is 3.07. The van der Waals surface area contributed by atoms with Crippen LogP contribution in [0.2, 0.25) is 0 Å². The Morgan fingerprint density at radius 3 is 2.84 bits per heavy atom. The number of carbonyl (C=O) groups is 1. The van der Waals surface area contributed by atoms with Gasteiger partial charge in [0.2, 0.25) is 0 Å². The molecule has 0 spiro atoms. The van der Waals surface area contributed by atoms with E-state index in [9.17, 15) is 4.79 Å². The number of benzene rings is 1. The third-order valence-corrected chi connectivity index (χ3v) is 4.59. The largest absolute Gasteiger partial charge is 0.478 e. The molecule has 1 fully saturated rings. The molecule has 1 atom stereocenters. The van der Waals surface area contributed by atoms with E-state index in [0.29, 0.717) is 5.92 Å². The van der Waals surface area contributed by atoms with Gasteiger partial charge in [0.15, 0.2) is 0 Å². The molecule has 6 heteroatoms.